The molecule has 0 radical (unpaired) electrons. The van der Waals surface area contributed by atoms with Crippen molar-refractivity contribution in [3.63, 3.8) is 0 Å². The molecule has 3 aromatic carbocycles. The lowest BCUT2D eigenvalue weighted by Gasteiger charge is -2.16. The second-order valence-electron chi connectivity index (χ2n) is 7.13. The lowest BCUT2D eigenvalue weighted by Crippen LogP contribution is -2.32. The Bertz CT molecular complexity index is 1220. The summed E-state index contributed by atoms with van der Waals surface area (Å²) in [6.45, 7) is 1.86. The molecule has 0 bridgehead atoms. The Kier molecular flexibility index (Phi) is 5.81. The van der Waals surface area contributed by atoms with E-state index < -0.39 is 17.6 Å². The van der Waals surface area contributed by atoms with Crippen LogP contribution in [0.15, 0.2) is 72.4 Å². The van der Waals surface area contributed by atoms with Gasteiger partial charge < -0.3 is 5.32 Å². The van der Waals surface area contributed by atoms with E-state index in [-0.39, 0.29) is 17.8 Å². The lowest BCUT2D eigenvalue weighted by atomic mass is 10.0. The van der Waals surface area contributed by atoms with Crippen LogP contribution in [0, 0.1) is 12.7 Å². The van der Waals surface area contributed by atoms with Gasteiger partial charge in [0.25, 0.3) is 11.8 Å². The van der Waals surface area contributed by atoms with Crippen LogP contribution in [0.4, 0.5) is 10.1 Å². The van der Waals surface area contributed by atoms with Crippen molar-refractivity contribution in [2.24, 2.45) is 0 Å². The molecule has 0 saturated heterocycles. The Morgan fingerprint density at radius 2 is 1.65 bits per heavy atom. The van der Waals surface area contributed by atoms with E-state index >= 15 is 0 Å². The highest BCUT2D eigenvalue weighted by Crippen LogP contribution is 2.33. The fourth-order valence-corrected chi connectivity index (χ4v) is 3.84. The Morgan fingerprint density at radius 1 is 0.935 bits per heavy atom. The average Bonchev–Trinajstić information content (AvgIpc) is 2.96. The van der Waals surface area contributed by atoms with Crippen LogP contribution in [0.3, 0.4) is 0 Å². The highest BCUT2D eigenvalue weighted by Gasteiger charge is 2.39. The van der Waals surface area contributed by atoms with Crippen LogP contribution in [0.5, 0.6) is 0 Å². The molecule has 1 heterocycles. The van der Waals surface area contributed by atoms with Crippen LogP contribution in [0.1, 0.15) is 16.7 Å². The third-order valence-electron chi connectivity index (χ3n) is 5.04. The first kappa shape index (κ1) is 21.1. The molecule has 31 heavy (non-hydrogen) atoms. The largest absolute Gasteiger partial charge is 0.350 e. The van der Waals surface area contributed by atoms with Gasteiger partial charge in [0.2, 0.25) is 0 Å². The molecule has 4 nitrogen and oxygen atoms in total. The first-order valence-corrected chi connectivity index (χ1v) is 10.2. The summed E-state index contributed by atoms with van der Waals surface area (Å²) < 4.78 is 13.5. The zero-order valence-corrected chi connectivity index (χ0v) is 18.0. The maximum Gasteiger partial charge on any atom is 0.278 e. The van der Waals surface area contributed by atoms with Crippen LogP contribution < -0.4 is 5.32 Å². The van der Waals surface area contributed by atoms with Crippen LogP contribution in [0.25, 0.3) is 5.57 Å². The molecule has 3 aromatic rings. The van der Waals surface area contributed by atoms with Gasteiger partial charge in [0.15, 0.2) is 0 Å². The quantitative estimate of drug-likeness (QED) is 0.493. The molecule has 0 spiro atoms. The fourth-order valence-electron chi connectivity index (χ4n) is 3.42. The second-order valence-corrected chi connectivity index (χ2v) is 7.97. The summed E-state index contributed by atoms with van der Waals surface area (Å²) in [5.41, 5.74) is 2.83. The Hall–Kier alpha value is -3.15. The van der Waals surface area contributed by atoms with Crippen molar-refractivity contribution in [1.82, 2.24) is 4.90 Å². The summed E-state index contributed by atoms with van der Waals surface area (Å²) >= 11 is 12.3. The second kappa shape index (κ2) is 8.53. The molecule has 0 unspecified atom stereocenters. The number of hydrogen-bond donors (Lipinski definition) is 1. The molecule has 0 aromatic heterocycles. The molecular formula is C24H17Cl2FN2O2. The van der Waals surface area contributed by atoms with Crippen LogP contribution >= 0.6 is 23.2 Å². The van der Waals surface area contributed by atoms with Crippen molar-refractivity contribution in [1.29, 1.82) is 0 Å². The van der Waals surface area contributed by atoms with Gasteiger partial charge in [-0.1, -0.05) is 53.5 Å². The van der Waals surface area contributed by atoms with E-state index in [0.717, 1.165) is 10.5 Å². The lowest BCUT2D eigenvalue weighted by molar-refractivity contribution is -0.137. The number of imide groups is 1. The number of hydrogen-bond acceptors (Lipinski definition) is 3. The molecule has 1 aliphatic heterocycles. The van der Waals surface area contributed by atoms with Crippen molar-refractivity contribution in [2.75, 3.05) is 5.32 Å². The van der Waals surface area contributed by atoms with E-state index in [0.29, 0.717) is 26.9 Å². The molecule has 156 valence electrons. The third kappa shape index (κ3) is 4.20. The van der Waals surface area contributed by atoms with Crippen molar-refractivity contribution >= 4 is 46.3 Å². The minimum absolute atomic E-state index is 0.0206. The van der Waals surface area contributed by atoms with Gasteiger partial charge >= 0.3 is 0 Å². The highest BCUT2D eigenvalue weighted by molar-refractivity contribution is 6.37. The van der Waals surface area contributed by atoms with E-state index in [1.54, 1.807) is 42.5 Å². The maximum absolute atomic E-state index is 13.5. The number of anilines is 1. The fraction of sp³-hybridized carbons (Fsp3) is 0.0833. The molecule has 2 amide bonds. The number of carbonyl (C=O) groups excluding carboxylic acids is 2. The number of halogens is 3. The van der Waals surface area contributed by atoms with Gasteiger partial charge in [0.05, 0.1) is 12.1 Å². The van der Waals surface area contributed by atoms with E-state index in [2.05, 4.69) is 5.32 Å². The Morgan fingerprint density at radius 3 is 2.32 bits per heavy atom. The molecule has 0 saturated carbocycles. The zero-order valence-electron chi connectivity index (χ0n) is 16.5. The third-order valence-corrected chi connectivity index (χ3v) is 5.64. The van der Waals surface area contributed by atoms with Gasteiger partial charge in [-0.3, -0.25) is 14.5 Å². The monoisotopic (exact) mass is 454 g/mol. The first-order valence-electron chi connectivity index (χ1n) is 9.48. The van der Waals surface area contributed by atoms with Crippen molar-refractivity contribution in [3.8, 4) is 0 Å². The van der Waals surface area contributed by atoms with E-state index in [4.69, 9.17) is 23.2 Å². The predicted molar refractivity (Wildman–Crippen MR) is 120 cm³/mol. The molecule has 0 atom stereocenters. The molecule has 0 aliphatic carbocycles. The first-order chi connectivity index (χ1) is 14.8. The van der Waals surface area contributed by atoms with Crippen LogP contribution in [-0.4, -0.2) is 16.7 Å². The minimum atomic E-state index is -0.487. The van der Waals surface area contributed by atoms with Crippen LogP contribution in [0.2, 0.25) is 10.0 Å². The zero-order chi connectivity index (χ0) is 22.1. The number of nitrogens with zero attached hydrogens (tertiary/aromatic N) is 1. The van der Waals surface area contributed by atoms with Crippen molar-refractivity contribution in [3.05, 3.63) is 105 Å². The summed E-state index contributed by atoms with van der Waals surface area (Å²) in [6, 6.07) is 17.7. The maximum atomic E-state index is 13.5. The summed E-state index contributed by atoms with van der Waals surface area (Å²) in [5.74, 6) is -1.40. The normalized spacial score (nSPS) is 13.9. The van der Waals surface area contributed by atoms with Gasteiger partial charge in [-0.15, -0.1) is 0 Å². The number of benzene rings is 3. The number of aryl methyl sites for hydroxylation is 1. The van der Waals surface area contributed by atoms with Gasteiger partial charge in [0.1, 0.15) is 11.5 Å². The standard InChI is InChI=1S/C24H17Cl2FN2O2/c1-14-12-17(25)8-11-20(14)28-22-21(15-6-9-18(27)10-7-15)23(30)29(24(22)31)13-16-4-2-3-5-19(16)26/h2-12,28H,13H2,1H3. The van der Waals surface area contributed by atoms with Gasteiger partial charge in [-0.2, -0.15) is 0 Å². The molecule has 0 fully saturated rings. The van der Waals surface area contributed by atoms with E-state index in [1.165, 1.54) is 24.3 Å². The molecule has 1 aliphatic rings. The minimum Gasteiger partial charge on any atom is -0.350 e. The average molecular weight is 455 g/mol. The predicted octanol–water partition coefficient (Wildman–Crippen LogP) is 5.83. The van der Waals surface area contributed by atoms with Gasteiger partial charge in [0, 0.05) is 15.7 Å². The molecular weight excluding hydrogens is 438 g/mol. The van der Waals surface area contributed by atoms with Gasteiger partial charge in [-0.05, 0) is 60.0 Å². The molecule has 7 heteroatoms. The van der Waals surface area contributed by atoms with Crippen LogP contribution in [-0.2, 0) is 16.1 Å². The van der Waals surface area contributed by atoms with E-state index in [1.807, 2.05) is 6.92 Å². The summed E-state index contributed by atoms with van der Waals surface area (Å²) in [7, 11) is 0. The Balaban J connectivity index is 1.77. The summed E-state index contributed by atoms with van der Waals surface area (Å²) in [5, 5.41) is 4.11. The van der Waals surface area contributed by atoms with Crippen molar-refractivity contribution < 1.29 is 14.0 Å². The summed E-state index contributed by atoms with van der Waals surface area (Å²) in [4.78, 5) is 27.7. The Labute approximate surface area is 188 Å². The molecule has 4 rings (SSSR count). The smallest absolute Gasteiger partial charge is 0.278 e. The SMILES string of the molecule is Cc1cc(Cl)ccc1NC1=C(c2ccc(F)cc2)C(=O)N(Cc2ccccc2Cl)C1=O. The number of carbonyl (C=O) groups is 2. The topological polar surface area (TPSA) is 49.4 Å². The molecule has 1 N–H and O–H groups in total. The number of nitrogens with one attached hydrogen (secondary N) is 1. The number of rotatable bonds is 5. The van der Waals surface area contributed by atoms with Gasteiger partial charge in [-0.25, -0.2) is 4.39 Å². The van der Waals surface area contributed by atoms with E-state index in [9.17, 15) is 14.0 Å². The summed E-state index contributed by atoms with van der Waals surface area (Å²) in [6.07, 6.45) is 0. The van der Waals surface area contributed by atoms with Crippen molar-refractivity contribution in [2.45, 2.75) is 13.5 Å². The highest BCUT2D eigenvalue weighted by atomic mass is 35.5. The number of amides is 2.